The number of rotatable bonds is 6. The van der Waals surface area contributed by atoms with Crippen LogP contribution in [0.25, 0.3) is 43.5 Å². The van der Waals surface area contributed by atoms with E-state index < -0.39 is 0 Å². The fraction of sp³-hybridized carbons (Fsp3) is 0. The fourth-order valence-corrected chi connectivity index (χ4v) is 9.94. The second kappa shape index (κ2) is 13.7. The number of hydrogen-bond acceptors (Lipinski definition) is 5. The van der Waals surface area contributed by atoms with Crippen LogP contribution in [0.15, 0.2) is 217 Å². The van der Waals surface area contributed by atoms with Crippen LogP contribution in [-0.2, 0) is 0 Å². The lowest BCUT2D eigenvalue weighted by Crippen LogP contribution is -2.58. The maximum Gasteiger partial charge on any atom is 0.262 e. The van der Waals surface area contributed by atoms with E-state index in [9.17, 15) is 0 Å². The molecule has 6 heteroatoms. The lowest BCUT2D eigenvalue weighted by Gasteiger charge is -2.37. The van der Waals surface area contributed by atoms with Crippen molar-refractivity contribution in [2.45, 2.75) is 0 Å². The van der Waals surface area contributed by atoms with Crippen molar-refractivity contribution in [1.29, 1.82) is 0 Å². The van der Waals surface area contributed by atoms with E-state index in [-0.39, 0.29) is 6.71 Å². The van der Waals surface area contributed by atoms with Gasteiger partial charge in [-0.3, -0.25) is 0 Å². The van der Waals surface area contributed by atoms with E-state index >= 15 is 0 Å². The van der Waals surface area contributed by atoms with E-state index in [1.54, 1.807) is 0 Å². The summed E-state index contributed by atoms with van der Waals surface area (Å²) in [6.07, 6.45) is 0. The first-order valence-electron chi connectivity index (χ1n) is 21.0. The zero-order valence-electron chi connectivity index (χ0n) is 33.4. The van der Waals surface area contributed by atoms with Gasteiger partial charge in [0.2, 0.25) is 0 Å². The highest BCUT2D eigenvalue weighted by atomic mass is 16.5. The first-order chi connectivity index (χ1) is 30.8. The maximum absolute atomic E-state index is 7.09. The molecule has 0 amide bonds. The Bertz CT molecular complexity index is 3510. The van der Waals surface area contributed by atoms with Gasteiger partial charge in [-0.15, -0.1) is 0 Å². The molecule has 0 saturated heterocycles. The molecule has 0 saturated carbocycles. The van der Waals surface area contributed by atoms with Crippen LogP contribution in [-0.4, -0.2) is 6.71 Å². The molecule has 0 N–H and O–H groups in total. The summed E-state index contributed by atoms with van der Waals surface area (Å²) < 4.78 is 20.4. The van der Waals surface area contributed by atoms with E-state index in [2.05, 4.69) is 204 Å². The SMILES string of the molecule is c1ccc(N(c2ccccc2)c2cc3c(c4ccccc24)B2c4c(cccc4Oc4cc(N(c5ccccc5)c5ccc6oc7ccccc7c6c5)c5ccccc5c42)O3)cc1. The van der Waals surface area contributed by atoms with Gasteiger partial charge in [0.05, 0.1) is 11.4 Å². The van der Waals surface area contributed by atoms with Gasteiger partial charge < -0.3 is 23.7 Å². The third kappa shape index (κ3) is 5.23. The Morgan fingerprint density at radius 2 is 0.726 bits per heavy atom. The van der Waals surface area contributed by atoms with Crippen molar-refractivity contribution in [3.05, 3.63) is 212 Å². The van der Waals surface area contributed by atoms with Crippen molar-refractivity contribution in [3.8, 4) is 23.0 Å². The summed E-state index contributed by atoms with van der Waals surface area (Å²) in [5.41, 5.74) is 11.3. The van der Waals surface area contributed by atoms with Crippen LogP contribution in [0.3, 0.4) is 0 Å². The summed E-state index contributed by atoms with van der Waals surface area (Å²) in [5, 5.41) is 6.67. The Morgan fingerprint density at radius 3 is 1.26 bits per heavy atom. The Balaban J connectivity index is 1.07. The number of benzene rings is 10. The summed E-state index contributed by atoms with van der Waals surface area (Å²) in [6, 6.07) is 74.7. The summed E-state index contributed by atoms with van der Waals surface area (Å²) in [7, 11) is 0. The monoisotopic (exact) mass is 794 g/mol. The Hall–Kier alpha value is -8.22. The summed E-state index contributed by atoms with van der Waals surface area (Å²) in [5.74, 6) is 3.25. The second-order valence-corrected chi connectivity index (χ2v) is 16.0. The fourth-order valence-electron chi connectivity index (χ4n) is 9.94. The summed E-state index contributed by atoms with van der Waals surface area (Å²) in [4.78, 5) is 4.68. The molecular weight excluding hydrogens is 759 g/mol. The van der Waals surface area contributed by atoms with Crippen molar-refractivity contribution in [1.82, 2.24) is 0 Å². The molecule has 0 radical (unpaired) electrons. The molecule has 0 aliphatic carbocycles. The lowest BCUT2D eigenvalue weighted by molar-refractivity contribution is 0.465. The molecule has 0 fully saturated rings. The minimum Gasteiger partial charge on any atom is -0.458 e. The molecule has 2 aliphatic rings. The second-order valence-electron chi connectivity index (χ2n) is 16.0. The molecule has 2 aliphatic heterocycles. The Kier molecular flexibility index (Phi) is 7.63. The Morgan fingerprint density at radius 1 is 0.290 bits per heavy atom. The first kappa shape index (κ1) is 34.6. The van der Waals surface area contributed by atoms with Crippen LogP contribution in [0, 0.1) is 0 Å². The molecular formula is C56H35BN2O3. The van der Waals surface area contributed by atoms with Gasteiger partial charge in [-0.2, -0.15) is 0 Å². The van der Waals surface area contributed by atoms with Gasteiger partial charge in [-0.1, -0.05) is 127 Å². The lowest BCUT2D eigenvalue weighted by atomic mass is 9.33. The van der Waals surface area contributed by atoms with Gasteiger partial charge in [0.25, 0.3) is 6.71 Å². The molecule has 0 atom stereocenters. The normalized spacial score (nSPS) is 12.4. The minimum absolute atomic E-state index is 0.174. The van der Waals surface area contributed by atoms with E-state index in [0.29, 0.717) is 0 Å². The average Bonchev–Trinajstić information content (AvgIpc) is 3.71. The Labute approximate surface area is 358 Å². The molecule has 62 heavy (non-hydrogen) atoms. The first-order valence-corrected chi connectivity index (χ1v) is 21.0. The number of ether oxygens (including phenoxy) is 2. The predicted molar refractivity (Wildman–Crippen MR) is 256 cm³/mol. The zero-order chi connectivity index (χ0) is 40.7. The quantitative estimate of drug-likeness (QED) is 0.157. The van der Waals surface area contributed by atoms with Crippen molar-refractivity contribution >= 4 is 101 Å². The van der Waals surface area contributed by atoms with Crippen LogP contribution in [0.4, 0.5) is 34.1 Å². The largest absolute Gasteiger partial charge is 0.458 e. The van der Waals surface area contributed by atoms with E-state index in [4.69, 9.17) is 13.9 Å². The number of para-hydroxylation sites is 4. The maximum atomic E-state index is 7.09. The van der Waals surface area contributed by atoms with Crippen molar-refractivity contribution < 1.29 is 13.9 Å². The smallest absolute Gasteiger partial charge is 0.262 e. The minimum atomic E-state index is -0.174. The van der Waals surface area contributed by atoms with Crippen molar-refractivity contribution in [2.75, 3.05) is 9.80 Å². The molecule has 13 rings (SSSR count). The zero-order valence-corrected chi connectivity index (χ0v) is 33.4. The van der Waals surface area contributed by atoms with Crippen LogP contribution in [0.5, 0.6) is 23.0 Å². The highest BCUT2D eigenvalue weighted by Crippen LogP contribution is 2.47. The average molecular weight is 795 g/mol. The standard InChI is InChI=1S/C56H35BN2O3/c1-4-17-36(18-5-1)58(37-19-6-2-7-20-37)46-34-52-54(43-26-12-10-23-40(43)46)57-55-44-27-13-11-24-41(44)47(35-53(55)62-51-30-16-29-50(61-52)56(51)57)59(38-21-8-3-9-22-38)39-31-32-49-45(33-39)42-25-14-15-28-48(42)60-49/h1-35H. The van der Waals surface area contributed by atoms with Gasteiger partial charge in [0.15, 0.2) is 0 Å². The molecule has 0 spiro atoms. The highest BCUT2D eigenvalue weighted by Gasteiger charge is 2.43. The number of nitrogens with zero attached hydrogens (tertiary/aromatic N) is 2. The van der Waals surface area contributed by atoms with E-state index in [1.807, 2.05) is 18.2 Å². The van der Waals surface area contributed by atoms with Gasteiger partial charge in [0.1, 0.15) is 34.2 Å². The number of hydrogen-bond donors (Lipinski definition) is 0. The number of anilines is 6. The number of furan rings is 1. The molecule has 10 aromatic carbocycles. The van der Waals surface area contributed by atoms with Gasteiger partial charge in [-0.05, 0) is 94.5 Å². The topological polar surface area (TPSA) is 38.1 Å². The predicted octanol–water partition coefficient (Wildman–Crippen LogP) is 13.6. The van der Waals surface area contributed by atoms with Gasteiger partial charge >= 0.3 is 0 Å². The van der Waals surface area contributed by atoms with Crippen molar-refractivity contribution in [3.63, 3.8) is 0 Å². The summed E-state index contributed by atoms with van der Waals surface area (Å²) in [6.45, 7) is -0.174. The molecule has 0 unspecified atom stereocenters. The third-order valence-corrected chi connectivity index (χ3v) is 12.5. The van der Waals surface area contributed by atoms with Crippen LogP contribution < -0.4 is 35.7 Å². The molecule has 11 aromatic rings. The third-order valence-electron chi connectivity index (χ3n) is 12.5. The van der Waals surface area contributed by atoms with Crippen molar-refractivity contribution in [2.24, 2.45) is 0 Å². The van der Waals surface area contributed by atoms with E-state index in [0.717, 1.165) is 117 Å². The molecule has 0 bridgehead atoms. The molecule has 3 heterocycles. The van der Waals surface area contributed by atoms with E-state index in [1.165, 1.54) is 0 Å². The highest BCUT2D eigenvalue weighted by molar-refractivity contribution is 7.01. The molecule has 1 aromatic heterocycles. The van der Waals surface area contributed by atoms with Gasteiger partial charge in [-0.25, -0.2) is 0 Å². The van der Waals surface area contributed by atoms with Crippen LogP contribution in [0.1, 0.15) is 0 Å². The molecule has 5 nitrogen and oxygen atoms in total. The molecule has 290 valence electrons. The van der Waals surface area contributed by atoms with Crippen LogP contribution >= 0.6 is 0 Å². The van der Waals surface area contributed by atoms with Crippen LogP contribution in [0.2, 0.25) is 0 Å². The number of fused-ring (bicyclic) bond motifs is 11. The van der Waals surface area contributed by atoms with Gasteiger partial charge in [0, 0.05) is 61.9 Å². The summed E-state index contributed by atoms with van der Waals surface area (Å²) >= 11 is 0.